The van der Waals surface area contributed by atoms with Gasteiger partial charge in [0.2, 0.25) is 0 Å². The lowest BCUT2D eigenvalue weighted by Gasteiger charge is -2.37. The Morgan fingerprint density at radius 1 is 1.05 bits per heavy atom. The first-order valence-electron chi connectivity index (χ1n) is 7.31. The summed E-state index contributed by atoms with van der Waals surface area (Å²) in [4.78, 5) is 1.70. The zero-order chi connectivity index (χ0) is 13.9. The Morgan fingerprint density at radius 2 is 1.63 bits per heavy atom. The van der Waals surface area contributed by atoms with Gasteiger partial charge in [-0.05, 0) is 31.1 Å². The molecule has 2 saturated carbocycles. The maximum atomic E-state index is 12.7. The summed E-state index contributed by atoms with van der Waals surface area (Å²) in [5.41, 5.74) is 0.0599. The average molecular weight is 342 g/mol. The monoisotopic (exact) mass is 341 g/mol. The quantitative estimate of drug-likeness (QED) is 0.515. The number of hydrogen-bond donors (Lipinski definition) is 0. The third-order valence-electron chi connectivity index (χ3n) is 4.43. The maximum absolute atomic E-state index is 12.7. The lowest BCUT2D eigenvalue weighted by atomic mass is 9.82. The first-order chi connectivity index (χ1) is 8.94. The fourth-order valence-corrected chi connectivity index (χ4v) is 3.97. The molecule has 0 bridgehead atoms. The van der Waals surface area contributed by atoms with Gasteiger partial charge in [0, 0.05) is 17.9 Å². The van der Waals surface area contributed by atoms with Crippen LogP contribution in [0.15, 0.2) is 0 Å². The number of nitrogens with zero attached hydrogens (tertiary/aromatic N) is 1. The molecule has 112 valence electrons. The molecule has 0 aromatic heterocycles. The molecular weight excluding hydrogens is 319 g/mol. The number of rotatable bonds is 5. The van der Waals surface area contributed by atoms with Crippen molar-refractivity contribution in [2.75, 3.05) is 18.4 Å². The van der Waals surface area contributed by atoms with E-state index in [2.05, 4.69) is 15.9 Å². The van der Waals surface area contributed by atoms with Crippen molar-refractivity contribution in [2.45, 2.75) is 63.6 Å². The van der Waals surface area contributed by atoms with Crippen LogP contribution in [0.25, 0.3) is 0 Å². The molecule has 0 radical (unpaired) electrons. The Bertz CT molecular complexity index is 281. The zero-order valence-electron chi connectivity index (χ0n) is 11.3. The summed E-state index contributed by atoms with van der Waals surface area (Å²) in [7, 11) is 0. The van der Waals surface area contributed by atoms with E-state index in [0.29, 0.717) is 6.54 Å². The van der Waals surface area contributed by atoms with Gasteiger partial charge in [0.15, 0.2) is 0 Å². The van der Waals surface area contributed by atoms with Gasteiger partial charge in [0.25, 0.3) is 0 Å². The molecule has 2 aliphatic rings. The highest BCUT2D eigenvalue weighted by atomic mass is 79.9. The van der Waals surface area contributed by atoms with Crippen LogP contribution < -0.4 is 0 Å². The summed E-state index contributed by atoms with van der Waals surface area (Å²) in [5, 5.41) is 0.834. The summed E-state index contributed by atoms with van der Waals surface area (Å²) in [5.74, 6) is 0. The van der Waals surface area contributed by atoms with Crippen LogP contribution in [0.1, 0.15) is 51.4 Å². The fourth-order valence-electron chi connectivity index (χ4n) is 3.23. The van der Waals surface area contributed by atoms with E-state index in [-0.39, 0.29) is 11.5 Å². The standard InChI is InChI=1S/C14H23BrF3N/c15-9-13(7-3-1-2-4-8-13)10-19(12-5-6-12)11-14(16,17)18/h12H,1-11H2. The lowest BCUT2D eigenvalue weighted by Crippen LogP contribution is -2.44. The molecule has 1 nitrogen and oxygen atoms in total. The van der Waals surface area contributed by atoms with Crippen molar-refractivity contribution in [1.29, 1.82) is 0 Å². The Labute approximate surface area is 122 Å². The Hall–Kier alpha value is 0.230. The second-order valence-electron chi connectivity index (χ2n) is 6.30. The van der Waals surface area contributed by atoms with Crippen LogP contribution in [0.5, 0.6) is 0 Å². The second-order valence-corrected chi connectivity index (χ2v) is 6.86. The molecule has 0 aliphatic heterocycles. The predicted octanol–water partition coefficient (Wildman–Crippen LogP) is 4.75. The molecule has 0 heterocycles. The molecule has 2 fully saturated rings. The van der Waals surface area contributed by atoms with Gasteiger partial charge in [-0.15, -0.1) is 0 Å². The van der Waals surface area contributed by atoms with E-state index in [9.17, 15) is 13.2 Å². The van der Waals surface area contributed by atoms with E-state index in [1.807, 2.05) is 0 Å². The molecule has 0 spiro atoms. The minimum absolute atomic E-state index is 0.0599. The smallest absolute Gasteiger partial charge is 0.291 e. The maximum Gasteiger partial charge on any atom is 0.401 e. The molecule has 2 rings (SSSR count). The number of halogens is 4. The molecule has 19 heavy (non-hydrogen) atoms. The van der Waals surface area contributed by atoms with Gasteiger partial charge >= 0.3 is 6.18 Å². The van der Waals surface area contributed by atoms with Crippen LogP contribution >= 0.6 is 15.9 Å². The molecule has 5 heteroatoms. The van der Waals surface area contributed by atoms with Gasteiger partial charge < -0.3 is 0 Å². The topological polar surface area (TPSA) is 3.24 Å². The molecule has 0 amide bonds. The molecule has 0 N–H and O–H groups in total. The van der Waals surface area contributed by atoms with Crippen LogP contribution in [0, 0.1) is 5.41 Å². The number of hydrogen-bond acceptors (Lipinski definition) is 1. The van der Waals surface area contributed by atoms with Gasteiger partial charge in [-0.25, -0.2) is 0 Å². The molecule has 0 aromatic rings. The van der Waals surface area contributed by atoms with Crippen LogP contribution in [0.3, 0.4) is 0 Å². The molecule has 2 aliphatic carbocycles. The van der Waals surface area contributed by atoms with Crippen LogP contribution in [0.4, 0.5) is 13.2 Å². The Morgan fingerprint density at radius 3 is 2.05 bits per heavy atom. The molecule has 0 saturated heterocycles. The van der Waals surface area contributed by atoms with E-state index in [0.717, 1.165) is 43.9 Å². The van der Waals surface area contributed by atoms with E-state index in [1.165, 1.54) is 12.8 Å². The summed E-state index contributed by atoms with van der Waals surface area (Å²) >= 11 is 3.57. The van der Waals surface area contributed by atoms with Crippen molar-refractivity contribution in [3.63, 3.8) is 0 Å². The third-order valence-corrected chi connectivity index (χ3v) is 5.62. The molecule has 0 unspecified atom stereocenters. The SMILES string of the molecule is FC(F)(F)CN(CC1(CBr)CCCCCC1)C1CC1. The highest BCUT2D eigenvalue weighted by Crippen LogP contribution is 2.40. The molecule has 0 aromatic carbocycles. The third kappa shape index (κ3) is 4.92. The van der Waals surface area contributed by atoms with Gasteiger partial charge in [0.05, 0.1) is 6.54 Å². The zero-order valence-corrected chi connectivity index (χ0v) is 12.9. The van der Waals surface area contributed by atoms with E-state index in [4.69, 9.17) is 0 Å². The van der Waals surface area contributed by atoms with E-state index < -0.39 is 12.7 Å². The second kappa shape index (κ2) is 6.33. The number of alkyl halides is 4. The lowest BCUT2D eigenvalue weighted by molar-refractivity contribution is -0.150. The van der Waals surface area contributed by atoms with Crippen molar-refractivity contribution < 1.29 is 13.2 Å². The van der Waals surface area contributed by atoms with Crippen LogP contribution in [0.2, 0.25) is 0 Å². The van der Waals surface area contributed by atoms with Crippen molar-refractivity contribution in [3.8, 4) is 0 Å². The first kappa shape index (κ1) is 15.6. The molecular formula is C14H23BrF3N. The minimum Gasteiger partial charge on any atom is -0.291 e. The fraction of sp³-hybridized carbons (Fsp3) is 1.00. The summed E-state index contributed by atoms with van der Waals surface area (Å²) in [6.45, 7) is -0.116. The minimum atomic E-state index is -4.07. The van der Waals surface area contributed by atoms with Crippen LogP contribution in [-0.2, 0) is 0 Å². The van der Waals surface area contributed by atoms with Crippen molar-refractivity contribution >= 4 is 15.9 Å². The Kier molecular flexibility index (Phi) is 5.21. The summed E-state index contributed by atoms with van der Waals surface area (Å²) in [6, 6.07) is 0.181. The van der Waals surface area contributed by atoms with Gasteiger partial charge in [0.1, 0.15) is 0 Å². The van der Waals surface area contributed by atoms with Gasteiger partial charge in [-0.2, -0.15) is 13.2 Å². The highest BCUT2D eigenvalue weighted by Gasteiger charge is 2.42. The highest BCUT2D eigenvalue weighted by molar-refractivity contribution is 9.09. The largest absolute Gasteiger partial charge is 0.401 e. The van der Waals surface area contributed by atoms with Gasteiger partial charge in [-0.3, -0.25) is 4.90 Å². The molecule has 0 atom stereocenters. The van der Waals surface area contributed by atoms with E-state index in [1.54, 1.807) is 4.90 Å². The van der Waals surface area contributed by atoms with Gasteiger partial charge in [-0.1, -0.05) is 41.6 Å². The van der Waals surface area contributed by atoms with E-state index >= 15 is 0 Å². The Balaban J connectivity index is 2.00. The first-order valence-corrected chi connectivity index (χ1v) is 8.43. The average Bonchev–Trinajstić information content (AvgIpc) is 3.14. The van der Waals surface area contributed by atoms with Crippen molar-refractivity contribution in [2.24, 2.45) is 5.41 Å². The summed E-state index contributed by atoms with van der Waals surface area (Å²) in [6.07, 6.45) is 4.74. The van der Waals surface area contributed by atoms with Crippen molar-refractivity contribution in [3.05, 3.63) is 0 Å². The van der Waals surface area contributed by atoms with Crippen LogP contribution in [-0.4, -0.2) is 35.5 Å². The van der Waals surface area contributed by atoms with Crippen molar-refractivity contribution in [1.82, 2.24) is 4.90 Å². The summed E-state index contributed by atoms with van der Waals surface area (Å²) < 4.78 is 38.1. The normalized spacial score (nSPS) is 24.5. The predicted molar refractivity (Wildman–Crippen MR) is 74.6 cm³/mol.